The minimum atomic E-state index is -4.35. The van der Waals surface area contributed by atoms with Crippen LogP contribution >= 0.6 is 11.6 Å². The van der Waals surface area contributed by atoms with Gasteiger partial charge in [-0.1, -0.05) is 70.4 Å². The number of sulfonamides is 2. The third-order valence-corrected chi connectivity index (χ3v) is 8.76. The Morgan fingerprint density at radius 2 is 1.00 bits per heavy atom. The smallest absolute Gasteiger partial charge is 0.206 e. The first-order chi connectivity index (χ1) is 13.3. The second kappa shape index (κ2) is 8.45. The van der Waals surface area contributed by atoms with Crippen molar-refractivity contribution in [2.75, 3.05) is 6.54 Å². The lowest BCUT2D eigenvalue weighted by molar-refractivity contribution is 0.494. The second-order valence-electron chi connectivity index (χ2n) is 5.97. The van der Waals surface area contributed by atoms with Gasteiger partial charge >= 0.3 is 0 Å². The van der Waals surface area contributed by atoms with Gasteiger partial charge in [-0.25, -0.2) is 16.8 Å². The van der Waals surface area contributed by atoms with Crippen LogP contribution in [0.25, 0.3) is 0 Å². The standard InChI is InChI=1S/C20H18ClNO4S2/c21-20(17-10-4-1-5-11-17)16-22(27(23,24)18-12-6-2-7-13-18)28(25,26)19-14-8-3-9-15-19/h1-15,20H,16H2. The first-order valence-corrected chi connectivity index (χ1v) is 11.7. The molecule has 0 fully saturated rings. The van der Waals surface area contributed by atoms with Crippen molar-refractivity contribution >= 4 is 31.6 Å². The second-order valence-corrected chi connectivity index (χ2v) is 10.5. The van der Waals surface area contributed by atoms with Crippen LogP contribution < -0.4 is 0 Å². The van der Waals surface area contributed by atoms with E-state index >= 15 is 0 Å². The predicted molar refractivity (Wildman–Crippen MR) is 109 cm³/mol. The Morgan fingerprint density at radius 1 is 0.643 bits per heavy atom. The molecule has 0 aromatic heterocycles. The van der Waals surface area contributed by atoms with Gasteiger partial charge < -0.3 is 0 Å². The van der Waals surface area contributed by atoms with Gasteiger partial charge in [-0.2, -0.15) is 0 Å². The Labute approximate surface area is 170 Å². The number of nitrogens with zero attached hydrogens (tertiary/aromatic N) is 1. The molecule has 0 bridgehead atoms. The van der Waals surface area contributed by atoms with Gasteiger partial charge in [0, 0.05) is 0 Å². The van der Waals surface area contributed by atoms with Crippen molar-refractivity contribution in [1.82, 2.24) is 3.71 Å². The average Bonchev–Trinajstić information content (AvgIpc) is 2.73. The maximum Gasteiger partial charge on any atom is 0.256 e. The molecule has 3 aromatic carbocycles. The van der Waals surface area contributed by atoms with Crippen LogP contribution in [0.15, 0.2) is 101 Å². The molecule has 0 amide bonds. The molecule has 0 heterocycles. The molecule has 0 spiro atoms. The summed E-state index contributed by atoms with van der Waals surface area (Å²) in [5, 5.41) is -0.849. The summed E-state index contributed by atoms with van der Waals surface area (Å²) in [6, 6.07) is 23.6. The van der Waals surface area contributed by atoms with E-state index in [1.165, 1.54) is 48.5 Å². The number of hydrogen-bond donors (Lipinski definition) is 0. The van der Waals surface area contributed by atoms with Crippen LogP contribution in [0.2, 0.25) is 0 Å². The van der Waals surface area contributed by atoms with Crippen molar-refractivity contribution in [2.24, 2.45) is 0 Å². The average molecular weight is 436 g/mol. The van der Waals surface area contributed by atoms with Crippen LogP contribution in [0, 0.1) is 0 Å². The Hall–Kier alpha value is -2.19. The number of hydrogen-bond acceptors (Lipinski definition) is 4. The first kappa shape index (κ1) is 20.5. The Kier molecular flexibility index (Phi) is 6.20. The van der Waals surface area contributed by atoms with Crippen LogP contribution in [-0.2, 0) is 20.0 Å². The van der Waals surface area contributed by atoms with E-state index < -0.39 is 32.0 Å². The zero-order valence-corrected chi connectivity index (χ0v) is 17.1. The van der Waals surface area contributed by atoms with Crippen LogP contribution in [0.4, 0.5) is 0 Å². The molecule has 8 heteroatoms. The highest BCUT2D eigenvalue weighted by atomic mass is 35.5. The molecule has 0 radical (unpaired) electrons. The molecule has 3 rings (SSSR count). The molecule has 0 saturated heterocycles. The maximum atomic E-state index is 13.2. The fraction of sp³-hybridized carbons (Fsp3) is 0.100. The number of halogens is 1. The molecule has 146 valence electrons. The normalized spacial score (nSPS) is 13.4. The summed E-state index contributed by atoms with van der Waals surface area (Å²) in [6.07, 6.45) is 0. The minimum Gasteiger partial charge on any atom is -0.206 e. The van der Waals surface area contributed by atoms with E-state index in [9.17, 15) is 16.8 Å². The molecule has 28 heavy (non-hydrogen) atoms. The highest BCUT2D eigenvalue weighted by molar-refractivity contribution is 8.04. The van der Waals surface area contributed by atoms with Crippen molar-refractivity contribution in [3.8, 4) is 0 Å². The van der Waals surface area contributed by atoms with Crippen molar-refractivity contribution in [3.63, 3.8) is 0 Å². The molecule has 1 atom stereocenters. The fourth-order valence-electron chi connectivity index (χ4n) is 2.64. The summed E-state index contributed by atoms with van der Waals surface area (Å²) in [5.41, 5.74) is 0.626. The third kappa shape index (κ3) is 4.28. The van der Waals surface area contributed by atoms with Crippen LogP contribution in [0.1, 0.15) is 10.9 Å². The molecule has 0 aliphatic rings. The van der Waals surface area contributed by atoms with Crippen LogP contribution in [0.3, 0.4) is 0 Å². The summed E-state index contributed by atoms with van der Waals surface area (Å²) in [5.74, 6) is 0. The number of rotatable bonds is 7. The Bertz CT molecular complexity index is 1050. The van der Waals surface area contributed by atoms with Gasteiger partial charge in [-0.15, -0.1) is 11.6 Å². The molecule has 1 unspecified atom stereocenters. The van der Waals surface area contributed by atoms with Gasteiger partial charge in [0.25, 0.3) is 20.0 Å². The lowest BCUT2D eigenvalue weighted by atomic mass is 10.1. The molecular weight excluding hydrogens is 418 g/mol. The van der Waals surface area contributed by atoms with Crippen molar-refractivity contribution in [3.05, 3.63) is 96.6 Å². The van der Waals surface area contributed by atoms with E-state index in [0.717, 1.165) is 0 Å². The zero-order valence-electron chi connectivity index (χ0n) is 14.7. The highest BCUT2D eigenvalue weighted by Gasteiger charge is 2.38. The van der Waals surface area contributed by atoms with Gasteiger partial charge in [0.05, 0.1) is 21.7 Å². The van der Waals surface area contributed by atoms with E-state index in [1.807, 2.05) is 0 Å². The molecule has 5 nitrogen and oxygen atoms in total. The molecule has 3 aromatic rings. The predicted octanol–water partition coefficient (Wildman–Crippen LogP) is 4.05. The van der Waals surface area contributed by atoms with Crippen molar-refractivity contribution < 1.29 is 16.8 Å². The minimum absolute atomic E-state index is 0.119. The van der Waals surface area contributed by atoms with E-state index in [-0.39, 0.29) is 9.79 Å². The first-order valence-electron chi connectivity index (χ1n) is 8.40. The maximum absolute atomic E-state index is 13.2. The monoisotopic (exact) mass is 435 g/mol. The fourth-order valence-corrected chi connectivity index (χ4v) is 6.80. The number of alkyl halides is 1. The van der Waals surface area contributed by atoms with Crippen LogP contribution in [0.5, 0.6) is 0 Å². The Balaban J connectivity index is 2.09. The van der Waals surface area contributed by atoms with E-state index in [1.54, 1.807) is 42.5 Å². The van der Waals surface area contributed by atoms with E-state index in [0.29, 0.717) is 9.27 Å². The largest absolute Gasteiger partial charge is 0.256 e. The summed E-state index contributed by atoms with van der Waals surface area (Å²) in [7, 11) is -8.70. The lowest BCUT2D eigenvalue weighted by Gasteiger charge is -2.24. The van der Waals surface area contributed by atoms with Crippen molar-refractivity contribution in [2.45, 2.75) is 15.2 Å². The SMILES string of the molecule is O=S(=O)(c1ccccc1)N(CC(Cl)c1ccccc1)S(=O)(=O)c1ccccc1. The van der Waals surface area contributed by atoms with E-state index in [2.05, 4.69) is 0 Å². The van der Waals surface area contributed by atoms with Crippen LogP contribution in [-0.4, -0.2) is 27.1 Å². The molecule has 0 saturated carbocycles. The highest BCUT2D eigenvalue weighted by Crippen LogP contribution is 2.30. The van der Waals surface area contributed by atoms with E-state index in [4.69, 9.17) is 11.6 Å². The van der Waals surface area contributed by atoms with Gasteiger partial charge in [0.15, 0.2) is 0 Å². The summed E-state index contributed by atoms with van der Waals surface area (Å²) in [4.78, 5) is -0.238. The lowest BCUT2D eigenvalue weighted by Crippen LogP contribution is -2.39. The molecule has 0 aliphatic heterocycles. The van der Waals surface area contributed by atoms with Gasteiger partial charge in [-0.3, -0.25) is 0 Å². The summed E-state index contributed by atoms with van der Waals surface area (Å²) >= 11 is 6.42. The third-order valence-electron chi connectivity index (χ3n) is 4.09. The molecule has 0 N–H and O–H groups in total. The van der Waals surface area contributed by atoms with Gasteiger partial charge in [0.2, 0.25) is 0 Å². The summed E-state index contributed by atoms with van der Waals surface area (Å²) in [6.45, 7) is -0.431. The quantitative estimate of drug-likeness (QED) is 0.525. The topological polar surface area (TPSA) is 71.5 Å². The van der Waals surface area contributed by atoms with Gasteiger partial charge in [-0.05, 0) is 29.8 Å². The Morgan fingerprint density at radius 3 is 1.39 bits per heavy atom. The summed E-state index contributed by atoms with van der Waals surface area (Å²) < 4.78 is 53.3. The van der Waals surface area contributed by atoms with Crippen molar-refractivity contribution in [1.29, 1.82) is 0 Å². The zero-order chi connectivity index (χ0) is 20.2. The molecular formula is C20H18ClNO4S2. The van der Waals surface area contributed by atoms with Gasteiger partial charge in [0.1, 0.15) is 0 Å². The molecule has 0 aliphatic carbocycles. The number of benzene rings is 3.